The maximum Gasteiger partial charge on any atom is 0.135 e. The van der Waals surface area contributed by atoms with Crippen molar-refractivity contribution in [2.75, 3.05) is 0 Å². The molecule has 14 heavy (non-hydrogen) atoms. The van der Waals surface area contributed by atoms with Gasteiger partial charge in [-0.25, -0.2) is 0 Å². The largest absolute Gasteiger partial charge is 0.299 e. The molecule has 0 aromatic rings. The zero-order valence-electron chi connectivity index (χ0n) is 9.88. The van der Waals surface area contributed by atoms with Crippen LogP contribution in [0.2, 0.25) is 0 Å². The van der Waals surface area contributed by atoms with Crippen LogP contribution in [0, 0.1) is 17.8 Å². The van der Waals surface area contributed by atoms with Crippen LogP contribution >= 0.6 is 0 Å². The standard InChI is InChI=1S/C13H24O/c1-10(2)4-9-13(14)12-7-5-11(3)6-8-12/h10-12H,4-9H2,1-3H3. The first-order valence-electron chi connectivity index (χ1n) is 6.12. The summed E-state index contributed by atoms with van der Waals surface area (Å²) in [5.74, 6) is 2.46. The molecule has 0 aromatic heterocycles. The van der Waals surface area contributed by atoms with E-state index in [4.69, 9.17) is 0 Å². The normalized spacial score (nSPS) is 28.0. The van der Waals surface area contributed by atoms with Gasteiger partial charge < -0.3 is 0 Å². The Balaban J connectivity index is 2.24. The smallest absolute Gasteiger partial charge is 0.135 e. The molecule has 0 aromatic carbocycles. The Hall–Kier alpha value is -0.330. The maximum atomic E-state index is 11.8. The van der Waals surface area contributed by atoms with E-state index in [9.17, 15) is 4.79 Å². The van der Waals surface area contributed by atoms with E-state index >= 15 is 0 Å². The third-order valence-corrected chi connectivity index (χ3v) is 3.44. The summed E-state index contributed by atoms with van der Waals surface area (Å²) in [6.45, 7) is 6.68. The Labute approximate surface area is 88.3 Å². The van der Waals surface area contributed by atoms with Gasteiger partial charge in [-0.05, 0) is 31.1 Å². The van der Waals surface area contributed by atoms with Gasteiger partial charge in [0.2, 0.25) is 0 Å². The maximum absolute atomic E-state index is 11.8. The Morgan fingerprint density at radius 3 is 2.29 bits per heavy atom. The fourth-order valence-electron chi connectivity index (χ4n) is 2.22. The Morgan fingerprint density at radius 2 is 1.79 bits per heavy atom. The van der Waals surface area contributed by atoms with Gasteiger partial charge in [-0.3, -0.25) is 4.79 Å². The summed E-state index contributed by atoms with van der Waals surface area (Å²) >= 11 is 0. The average Bonchev–Trinajstić information content (AvgIpc) is 2.15. The molecule has 1 fully saturated rings. The van der Waals surface area contributed by atoms with Gasteiger partial charge >= 0.3 is 0 Å². The quantitative estimate of drug-likeness (QED) is 0.668. The van der Waals surface area contributed by atoms with Gasteiger partial charge in [-0.1, -0.05) is 33.6 Å². The van der Waals surface area contributed by atoms with Crippen molar-refractivity contribution in [1.29, 1.82) is 0 Å². The van der Waals surface area contributed by atoms with Crippen molar-refractivity contribution in [2.45, 2.75) is 59.3 Å². The second kappa shape index (κ2) is 5.53. The molecule has 1 saturated carbocycles. The van der Waals surface area contributed by atoms with E-state index in [1.165, 1.54) is 12.8 Å². The lowest BCUT2D eigenvalue weighted by atomic mass is 9.79. The minimum Gasteiger partial charge on any atom is -0.299 e. The molecule has 0 radical (unpaired) electrons. The molecule has 0 saturated heterocycles. The van der Waals surface area contributed by atoms with Crippen molar-refractivity contribution in [3.8, 4) is 0 Å². The van der Waals surface area contributed by atoms with Crippen LogP contribution in [-0.2, 0) is 4.79 Å². The molecule has 0 bridgehead atoms. The predicted octanol–water partition coefficient (Wildman–Crippen LogP) is 3.82. The minimum absolute atomic E-state index is 0.407. The predicted molar refractivity (Wildman–Crippen MR) is 60.2 cm³/mol. The summed E-state index contributed by atoms with van der Waals surface area (Å²) in [7, 11) is 0. The first-order valence-corrected chi connectivity index (χ1v) is 6.12. The van der Waals surface area contributed by atoms with Crippen LogP contribution in [0.3, 0.4) is 0 Å². The van der Waals surface area contributed by atoms with Gasteiger partial charge in [-0.2, -0.15) is 0 Å². The van der Waals surface area contributed by atoms with Crippen molar-refractivity contribution in [3.05, 3.63) is 0 Å². The molecule has 1 aliphatic rings. The Kier molecular flexibility index (Phi) is 4.64. The first-order chi connectivity index (χ1) is 6.59. The lowest BCUT2D eigenvalue weighted by molar-refractivity contribution is -0.124. The van der Waals surface area contributed by atoms with E-state index < -0.39 is 0 Å². The molecular weight excluding hydrogens is 172 g/mol. The third-order valence-electron chi connectivity index (χ3n) is 3.44. The molecule has 0 amide bonds. The third kappa shape index (κ3) is 3.81. The van der Waals surface area contributed by atoms with Crippen molar-refractivity contribution < 1.29 is 4.79 Å². The molecule has 1 heteroatoms. The highest BCUT2D eigenvalue weighted by molar-refractivity contribution is 5.81. The van der Waals surface area contributed by atoms with E-state index in [-0.39, 0.29) is 0 Å². The lowest BCUT2D eigenvalue weighted by Crippen LogP contribution is -2.20. The summed E-state index contributed by atoms with van der Waals surface area (Å²) in [6.07, 6.45) is 6.72. The van der Waals surface area contributed by atoms with Crippen LogP contribution < -0.4 is 0 Å². The molecule has 1 aliphatic carbocycles. The van der Waals surface area contributed by atoms with Crippen molar-refractivity contribution in [3.63, 3.8) is 0 Å². The number of Topliss-reactive ketones (excluding diaryl/α,β-unsaturated/α-hetero) is 1. The molecular formula is C13H24O. The fraction of sp³-hybridized carbons (Fsp3) is 0.923. The monoisotopic (exact) mass is 196 g/mol. The van der Waals surface area contributed by atoms with Gasteiger partial charge in [0.25, 0.3) is 0 Å². The number of rotatable bonds is 4. The number of carbonyl (C=O) groups excluding carboxylic acids is 1. The zero-order chi connectivity index (χ0) is 10.6. The number of hydrogen-bond acceptors (Lipinski definition) is 1. The number of ketones is 1. The minimum atomic E-state index is 0.407. The SMILES string of the molecule is CC(C)CCC(=O)C1CCC(C)CC1. The number of carbonyl (C=O) groups is 1. The molecule has 0 atom stereocenters. The molecule has 0 aliphatic heterocycles. The second-order valence-electron chi connectivity index (χ2n) is 5.36. The highest BCUT2D eigenvalue weighted by Gasteiger charge is 2.23. The van der Waals surface area contributed by atoms with E-state index in [1.54, 1.807) is 0 Å². The Bertz CT molecular complexity index is 176. The van der Waals surface area contributed by atoms with Crippen LogP contribution in [-0.4, -0.2) is 5.78 Å². The molecule has 1 rings (SSSR count). The van der Waals surface area contributed by atoms with Crippen molar-refractivity contribution >= 4 is 5.78 Å². The molecule has 0 spiro atoms. The lowest BCUT2D eigenvalue weighted by Gasteiger charge is -2.25. The summed E-state index contributed by atoms with van der Waals surface area (Å²) in [6, 6.07) is 0. The summed E-state index contributed by atoms with van der Waals surface area (Å²) in [5, 5.41) is 0. The van der Waals surface area contributed by atoms with Gasteiger partial charge in [0, 0.05) is 12.3 Å². The van der Waals surface area contributed by atoms with Crippen molar-refractivity contribution in [2.24, 2.45) is 17.8 Å². The van der Waals surface area contributed by atoms with E-state index in [0.29, 0.717) is 17.6 Å². The van der Waals surface area contributed by atoms with Crippen LogP contribution in [0.15, 0.2) is 0 Å². The van der Waals surface area contributed by atoms with Crippen LogP contribution in [0.1, 0.15) is 59.3 Å². The molecule has 0 N–H and O–H groups in total. The highest BCUT2D eigenvalue weighted by Crippen LogP contribution is 2.29. The highest BCUT2D eigenvalue weighted by atomic mass is 16.1. The first kappa shape index (κ1) is 11.7. The van der Waals surface area contributed by atoms with Gasteiger partial charge in [0.05, 0.1) is 0 Å². The Morgan fingerprint density at radius 1 is 1.21 bits per heavy atom. The van der Waals surface area contributed by atoms with E-state index in [0.717, 1.165) is 31.6 Å². The zero-order valence-corrected chi connectivity index (χ0v) is 9.88. The van der Waals surface area contributed by atoms with Gasteiger partial charge in [0.1, 0.15) is 5.78 Å². The average molecular weight is 196 g/mol. The summed E-state index contributed by atoms with van der Waals surface area (Å²) in [4.78, 5) is 11.8. The fourth-order valence-corrected chi connectivity index (χ4v) is 2.22. The molecule has 0 heterocycles. The molecule has 1 nitrogen and oxygen atoms in total. The second-order valence-corrected chi connectivity index (χ2v) is 5.36. The summed E-state index contributed by atoms with van der Waals surface area (Å²) in [5.41, 5.74) is 0. The van der Waals surface area contributed by atoms with E-state index in [2.05, 4.69) is 20.8 Å². The van der Waals surface area contributed by atoms with Crippen LogP contribution in [0.25, 0.3) is 0 Å². The van der Waals surface area contributed by atoms with E-state index in [1.807, 2.05) is 0 Å². The molecule has 0 unspecified atom stereocenters. The topological polar surface area (TPSA) is 17.1 Å². The summed E-state index contributed by atoms with van der Waals surface area (Å²) < 4.78 is 0. The van der Waals surface area contributed by atoms with Gasteiger partial charge in [0.15, 0.2) is 0 Å². The van der Waals surface area contributed by atoms with Crippen LogP contribution in [0.4, 0.5) is 0 Å². The van der Waals surface area contributed by atoms with Crippen molar-refractivity contribution in [1.82, 2.24) is 0 Å². The van der Waals surface area contributed by atoms with Crippen LogP contribution in [0.5, 0.6) is 0 Å². The molecule has 82 valence electrons. The number of hydrogen-bond donors (Lipinski definition) is 0. The van der Waals surface area contributed by atoms with Gasteiger partial charge in [-0.15, -0.1) is 0 Å².